The Morgan fingerprint density at radius 1 is 0.882 bits per heavy atom. The predicted octanol–water partition coefficient (Wildman–Crippen LogP) is 3.21. The van der Waals surface area contributed by atoms with Gasteiger partial charge in [0.25, 0.3) is 0 Å². The number of phenolic OH excluding ortho intramolecular Hbond substituents is 1. The van der Waals surface area contributed by atoms with Crippen molar-refractivity contribution in [3.8, 4) is 5.75 Å². The molecule has 2 aromatic carbocycles. The Hall–Kier alpha value is -3.00. The normalized spacial score (nSPS) is 15.4. The van der Waals surface area contributed by atoms with Crippen molar-refractivity contribution >= 4 is 30.4 Å². The van der Waals surface area contributed by atoms with Crippen molar-refractivity contribution in [3.63, 3.8) is 0 Å². The fourth-order valence-corrected chi connectivity index (χ4v) is 3.88. The molecule has 184 valence electrons. The van der Waals surface area contributed by atoms with Crippen molar-refractivity contribution in [3.05, 3.63) is 65.7 Å². The van der Waals surface area contributed by atoms with Gasteiger partial charge in [-0.15, -0.1) is 0 Å². The highest BCUT2D eigenvalue weighted by Crippen LogP contribution is 2.19. The fraction of sp³-hybridized carbons (Fsp3) is 0.423. The van der Waals surface area contributed by atoms with Crippen molar-refractivity contribution in [1.82, 2.24) is 10.6 Å². The van der Waals surface area contributed by atoms with E-state index in [-0.39, 0.29) is 29.2 Å². The first-order valence-corrected chi connectivity index (χ1v) is 12.0. The lowest BCUT2D eigenvalue weighted by atomic mass is 9.93. The van der Waals surface area contributed by atoms with Gasteiger partial charge in [-0.25, -0.2) is 4.79 Å². The van der Waals surface area contributed by atoms with E-state index in [9.17, 15) is 24.6 Å². The van der Waals surface area contributed by atoms with Gasteiger partial charge in [0.15, 0.2) is 0 Å². The third-order valence-electron chi connectivity index (χ3n) is 6.00. The standard InChI is InChI=1S/C26H34N2O5S/c1-4-16(2)23(28-24(30)21(17(3)34)14-18-8-6-5-7-9-18)25(31)27-22(26(32)33)15-19-10-12-20(29)13-11-19/h5-13,16-17,21-23,29,34H,4,14-15H2,1-3H3,(H,27,31)(H,28,30)(H,32,33)/t16-,17?,21?,22-,23-/m0/s1. The zero-order chi connectivity index (χ0) is 25.3. The second-order valence-corrected chi connectivity index (χ2v) is 9.49. The Morgan fingerprint density at radius 2 is 1.47 bits per heavy atom. The summed E-state index contributed by atoms with van der Waals surface area (Å²) in [7, 11) is 0. The summed E-state index contributed by atoms with van der Waals surface area (Å²) >= 11 is 4.50. The average Bonchev–Trinajstić information content (AvgIpc) is 2.81. The molecule has 0 fully saturated rings. The van der Waals surface area contributed by atoms with Crippen LogP contribution in [0, 0.1) is 11.8 Å². The number of benzene rings is 2. The molecule has 7 nitrogen and oxygen atoms in total. The maximum Gasteiger partial charge on any atom is 0.326 e. The second-order valence-electron chi connectivity index (χ2n) is 8.68. The smallest absolute Gasteiger partial charge is 0.326 e. The minimum absolute atomic E-state index is 0.0484. The number of nitrogens with one attached hydrogen (secondary N) is 2. The van der Waals surface area contributed by atoms with E-state index in [0.29, 0.717) is 18.4 Å². The zero-order valence-electron chi connectivity index (χ0n) is 19.8. The lowest BCUT2D eigenvalue weighted by Crippen LogP contribution is -2.56. The van der Waals surface area contributed by atoms with Crippen LogP contribution < -0.4 is 10.6 Å². The largest absolute Gasteiger partial charge is 0.508 e. The molecule has 0 aliphatic rings. The van der Waals surface area contributed by atoms with Crippen LogP contribution >= 0.6 is 12.6 Å². The molecule has 0 spiro atoms. The number of carboxylic acid groups (broad SMARTS) is 1. The van der Waals surface area contributed by atoms with E-state index in [1.807, 2.05) is 51.1 Å². The Labute approximate surface area is 206 Å². The topological polar surface area (TPSA) is 116 Å². The number of hydrogen-bond acceptors (Lipinski definition) is 5. The molecule has 34 heavy (non-hydrogen) atoms. The van der Waals surface area contributed by atoms with Gasteiger partial charge in [-0.05, 0) is 35.6 Å². The summed E-state index contributed by atoms with van der Waals surface area (Å²) in [6.45, 7) is 5.59. The summed E-state index contributed by atoms with van der Waals surface area (Å²) in [6, 6.07) is 13.7. The lowest BCUT2D eigenvalue weighted by molar-refractivity contribution is -0.142. The Bertz CT molecular complexity index is 949. The number of aromatic hydroxyl groups is 1. The monoisotopic (exact) mass is 486 g/mol. The summed E-state index contributed by atoms with van der Waals surface area (Å²) in [4.78, 5) is 38.2. The first-order valence-electron chi connectivity index (χ1n) is 11.5. The quantitative estimate of drug-likeness (QED) is 0.296. The molecule has 0 aliphatic heterocycles. The van der Waals surface area contributed by atoms with Crippen molar-refractivity contribution in [2.75, 3.05) is 0 Å². The second kappa shape index (κ2) is 13.0. The van der Waals surface area contributed by atoms with Gasteiger partial charge in [0, 0.05) is 11.7 Å². The summed E-state index contributed by atoms with van der Waals surface area (Å²) in [5.74, 6) is -2.61. The molecule has 5 atom stereocenters. The number of rotatable bonds is 12. The molecule has 0 saturated carbocycles. The van der Waals surface area contributed by atoms with E-state index in [1.54, 1.807) is 12.1 Å². The average molecular weight is 487 g/mol. The van der Waals surface area contributed by atoms with Gasteiger partial charge in [-0.2, -0.15) is 12.6 Å². The highest BCUT2D eigenvalue weighted by atomic mass is 32.1. The number of carbonyl (C=O) groups is 3. The number of carbonyl (C=O) groups excluding carboxylic acids is 2. The van der Waals surface area contributed by atoms with Crippen LogP contribution in [-0.2, 0) is 27.2 Å². The molecule has 0 heterocycles. The number of thiol groups is 1. The van der Waals surface area contributed by atoms with E-state index in [1.165, 1.54) is 12.1 Å². The molecular formula is C26H34N2O5S. The summed E-state index contributed by atoms with van der Waals surface area (Å²) in [5.41, 5.74) is 1.65. The van der Waals surface area contributed by atoms with Crippen molar-refractivity contribution in [1.29, 1.82) is 0 Å². The molecule has 0 bridgehead atoms. The molecule has 4 N–H and O–H groups in total. The number of aliphatic carboxylic acids is 1. The molecule has 0 saturated heterocycles. The van der Waals surface area contributed by atoms with Gasteiger partial charge in [0.2, 0.25) is 11.8 Å². The number of hydrogen-bond donors (Lipinski definition) is 5. The van der Waals surface area contributed by atoms with E-state index in [2.05, 4.69) is 23.3 Å². The molecule has 0 aliphatic carbocycles. The SMILES string of the molecule is CC[C@H](C)[C@H](NC(=O)C(Cc1ccccc1)C(C)S)C(=O)N[C@@H](Cc1ccc(O)cc1)C(=O)O. The fourth-order valence-electron chi connectivity index (χ4n) is 3.64. The van der Waals surface area contributed by atoms with Crippen molar-refractivity contribution < 1.29 is 24.6 Å². The Morgan fingerprint density at radius 3 is 2.00 bits per heavy atom. The first kappa shape index (κ1) is 27.2. The van der Waals surface area contributed by atoms with Crippen molar-refractivity contribution in [2.24, 2.45) is 11.8 Å². The molecule has 0 radical (unpaired) electrons. The van der Waals surface area contributed by atoms with E-state index >= 15 is 0 Å². The van der Waals surface area contributed by atoms with Gasteiger partial charge < -0.3 is 20.8 Å². The molecular weight excluding hydrogens is 452 g/mol. The van der Waals surface area contributed by atoms with E-state index in [0.717, 1.165) is 5.56 Å². The summed E-state index contributed by atoms with van der Waals surface area (Å²) < 4.78 is 0. The van der Waals surface area contributed by atoms with Crippen LogP contribution in [0.4, 0.5) is 0 Å². The third-order valence-corrected chi connectivity index (χ3v) is 6.36. The highest BCUT2D eigenvalue weighted by Gasteiger charge is 2.33. The van der Waals surface area contributed by atoms with Crippen LogP contribution in [0.1, 0.15) is 38.3 Å². The lowest BCUT2D eigenvalue weighted by Gasteiger charge is -2.28. The van der Waals surface area contributed by atoms with Gasteiger partial charge in [-0.1, -0.05) is 69.7 Å². The van der Waals surface area contributed by atoms with Crippen LogP contribution in [0.3, 0.4) is 0 Å². The van der Waals surface area contributed by atoms with Crippen molar-refractivity contribution in [2.45, 2.75) is 57.4 Å². The Balaban J connectivity index is 2.15. The minimum atomic E-state index is -1.18. The van der Waals surface area contributed by atoms with Gasteiger partial charge in [0.1, 0.15) is 17.8 Å². The van der Waals surface area contributed by atoms with Crippen LogP contribution in [-0.4, -0.2) is 45.3 Å². The first-order chi connectivity index (χ1) is 16.1. The molecule has 2 unspecified atom stereocenters. The van der Waals surface area contributed by atoms with Gasteiger partial charge in [0.05, 0.1) is 5.92 Å². The maximum absolute atomic E-state index is 13.2. The minimum Gasteiger partial charge on any atom is -0.508 e. The zero-order valence-corrected chi connectivity index (χ0v) is 20.7. The summed E-state index contributed by atoms with van der Waals surface area (Å²) in [6.07, 6.45) is 1.14. The van der Waals surface area contributed by atoms with Crippen LogP contribution in [0.5, 0.6) is 5.75 Å². The van der Waals surface area contributed by atoms with Crippen LogP contribution in [0.2, 0.25) is 0 Å². The third kappa shape index (κ3) is 8.09. The number of phenols is 1. The summed E-state index contributed by atoms with van der Waals surface area (Å²) in [5, 5.41) is 24.3. The predicted molar refractivity (Wildman–Crippen MR) is 135 cm³/mol. The molecule has 2 amide bonds. The van der Waals surface area contributed by atoms with Crippen LogP contribution in [0.15, 0.2) is 54.6 Å². The van der Waals surface area contributed by atoms with E-state index in [4.69, 9.17) is 0 Å². The molecule has 2 aromatic rings. The van der Waals surface area contributed by atoms with Gasteiger partial charge in [-0.3, -0.25) is 9.59 Å². The van der Waals surface area contributed by atoms with Crippen LogP contribution in [0.25, 0.3) is 0 Å². The number of amides is 2. The Kier molecular flexibility index (Phi) is 10.4. The molecule has 8 heteroatoms. The molecule has 2 rings (SSSR count). The highest BCUT2D eigenvalue weighted by molar-refractivity contribution is 7.81. The maximum atomic E-state index is 13.2. The molecule has 0 aromatic heterocycles. The van der Waals surface area contributed by atoms with Gasteiger partial charge >= 0.3 is 5.97 Å². The number of carboxylic acids is 1. The van der Waals surface area contributed by atoms with E-state index < -0.39 is 29.9 Å².